The second-order valence-electron chi connectivity index (χ2n) is 13.6. The van der Waals surface area contributed by atoms with E-state index in [0.717, 1.165) is 33.4 Å². The molecular weight excluding hydrogens is 556 g/mol. The van der Waals surface area contributed by atoms with Crippen LogP contribution in [0.5, 0.6) is 23.0 Å². The molecular formula is C41H46O4. The first-order valence-corrected chi connectivity index (χ1v) is 15.3. The molecule has 0 aliphatic heterocycles. The van der Waals surface area contributed by atoms with Crippen molar-refractivity contribution in [3.63, 3.8) is 0 Å². The lowest BCUT2D eigenvalue weighted by atomic mass is 9.73. The van der Waals surface area contributed by atoms with Crippen LogP contribution in [0.2, 0.25) is 0 Å². The second-order valence-corrected chi connectivity index (χ2v) is 13.6. The van der Waals surface area contributed by atoms with Crippen molar-refractivity contribution in [2.24, 2.45) is 0 Å². The summed E-state index contributed by atoms with van der Waals surface area (Å²) >= 11 is 0. The number of aryl methyl sites for hydroxylation is 2. The molecule has 4 heteroatoms. The lowest BCUT2D eigenvalue weighted by molar-refractivity contribution is 0.469. The predicted octanol–water partition coefficient (Wildman–Crippen LogP) is 9.79. The van der Waals surface area contributed by atoms with Gasteiger partial charge in [0.15, 0.2) is 0 Å². The molecule has 5 rings (SSSR count). The van der Waals surface area contributed by atoms with Gasteiger partial charge in [0.05, 0.1) is 0 Å². The van der Waals surface area contributed by atoms with E-state index in [1.165, 1.54) is 11.1 Å². The van der Waals surface area contributed by atoms with Crippen LogP contribution in [-0.2, 0) is 16.2 Å². The van der Waals surface area contributed by atoms with E-state index in [2.05, 4.69) is 65.8 Å². The molecule has 5 aromatic carbocycles. The maximum atomic E-state index is 9.63. The Bertz CT molecular complexity index is 1640. The van der Waals surface area contributed by atoms with E-state index in [1.54, 1.807) is 36.4 Å². The van der Waals surface area contributed by atoms with Gasteiger partial charge in [-0.15, -0.1) is 0 Å². The quantitative estimate of drug-likeness (QED) is 0.156. The Kier molecular flexibility index (Phi) is 9.39. The van der Waals surface area contributed by atoms with Crippen molar-refractivity contribution >= 4 is 0 Å². The molecule has 0 saturated carbocycles. The van der Waals surface area contributed by atoms with Crippen LogP contribution in [-0.4, -0.2) is 20.4 Å². The summed E-state index contributed by atoms with van der Waals surface area (Å²) in [5.74, 6) is 1.21. The van der Waals surface area contributed by atoms with Crippen LogP contribution in [0.3, 0.4) is 0 Å². The van der Waals surface area contributed by atoms with E-state index in [9.17, 15) is 20.4 Å². The summed E-state index contributed by atoms with van der Waals surface area (Å²) in [5.41, 5.74) is 8.31. The van der Waals surface area contributed by atoms with Crippen LogP contribution in [0.25, 0.3) is 0 Å². The van der Waals surface area contributed by atoms with Crippen molar-refractivity contribution in [1.82, 2.24) is 0 Å². The summed E-state index contributed by atoms with van der Waals surface area (Å²) in [6, 6.07) is 34.9. The number of hydrogen-bond donors (Lipinski definition) is 4. The molecule has 0 aliphatic rings. The Hall–Kier alpha value is -4.70. The fraction of sp³-hybridized carbons (Fsp3) is 0.268. The third kappa shape index (κ3) is 7.17. The minimum absolute atomic E-state index is 0.170. The van der Waals surface area contributed by atoms with Crippen molar-refractivity contribution < 1.29 is 20.4 Å². The Morgan fingerprint density at radius 2 is 0.644 bits per heavy atom. The summed E-state index contributed by atoms with van der Waals surface area (Å²) in [4.78, 5) is 0. The van der Waals surface area contributed by atoms with E-state index in [1.807, 2.05) is 62.4 Å². The van der Waals surface area contributed by atoms with Gasteiger partial charge in [0, 0.05) is 16.2 Å². The molecule has 4 nitrogen and oxygen atoms in total. The predicted molar refractivity (Wildman–Crippen MR) is 185 cm³/mol. The molecule has 0 heterocycles. The van der Waals surface area contributed by atoms with Crippen molar-refractivity contribution in [2.45, 2.75) is 71.6 Å². The van der Waals surface area contributed by atoms with Gasteiger partial charge in [-0.3, -0.25) is 0 Å². The van der Waals surface area contributed by atoms with E-state index in [-0.39, 0.29) is 27.7 Å². The highest BCUT2D eigenvalue weighted by atomic mass is 16.3. The van der Waals surface area contributed by atoms with Crippen molar-refractivity contribution in [3.8, 4) is 23.0 Å². The van der Waals surface area contributed by atoms with Gasteiger partial charge in [0.25, 0.3) is 0 Å². The van der Waals surface area contributed by atoms with Gasteiger partial charge in [-0.05, 0) is 94.8 Å². The van der Waals surface area contributed by atoms with Crippen molar-refractivity contribution in [2.75, 3.05) is 0 Å². The van der Waals surface area contributed by atoms with Gasteiger partial charge in [0.2, 0.25) is 0 Å². The number of phenolic OH excluding ortho intramolecular Hbond substituents is 4. The molecule has 0 aromatic heterocycles. The van der Waals surface area contributed by atoms with Gasteiger partial charge >= 0.3 is 0 Å². The largest absolute Gasteiger partial charge is 0.508 e. The Morgan fingerprint density at radius 1 is 0.356 bits per heavy atom. The fourth-order valence-corrected chi connectivity index (χ4v) is 5.64. The van der Waals surface area contributed by atoms with Gasteiger partial charge in [0.1, 0.15) is 23.0 Å². The molecule has 45 heavy (non-hydrogen) atoms. The number of aromatic hydroxyl groups is 4. The normalized spacial score (nSPS) is 11.9. The first kappa shape index (κ1) is 33.2. The third-order valence-electron chi connectivity index (χ3n) is 9.32. The van der Waals surface area contributed by atoms with E-state index in [0.29, 0.717) is 11.5 Å². The zero-order valence-electron chi connectivity index (χ0n) is 27.7. The molecule has 0 atom stereocenters. The van der Waals surface area contributed by atoms with E-state index >= 15 is 0 Å². The molecule has 4 N–H and O–H groups in total. The van der Waals surface area contributed by atoms with Gasteiger partial charge in [-0.2, -0.15) is 0 Å². The molecule has 0 radical (unpaired) electrons. The molecule has 0 amide bonds. The number of benzene rings is 5. The summed E-state index contributed by atoms with van der Waals surface area (Å²) in [6.07, 6.45) is 0. The smallest absolute Gasteiger partial charge is 0.118 e. The first-order valence-electron chi connectivity index (χ1n) is 15.3. The molecule has 0 spiro atoms. The Balaban J connectivity index is 0.000000215. The minimum Gasteiger partial charge on any atom is -0.508 e. The minimum atomic E-state index is -0.172. The van der Waals surface area contributed by atoms with E-state index < -0.39 is 0 Å². The average Bonchev–Trinajstić information content (AvgIpc) is 3.00. The highest BCUT2D eigenvalue weighted by Crippen LogP contribution is 2.38. The summed E-state index contributed by atoms with van der Waals surface area (Å²) in [6.45, 7) is 16.9. The highest BCUT2D eigenvalue weighted by Gasteiger charge is 2.28. The van der Waals surface area contributed by atoms with Crippen molar-refractivity contribution in [3.05, 3.63) is 154 Å². The van der Waals surface area contributed by atoms with Crippen LogP contribution in [0.15, 0.2) is 109 Å². The zero-order chi connectivity index (χ0) is 33.2. The molecule has 0 saturated heterocycles. The monoisotopic (exact) mass is 602 g/mol. The van der Waals surface area contributed by atoms with E-state index in [4.69, 9.17) is 0 Å². The zero-order valence-corrected chi connectivity index (χ0v) is 27.7. The van der Waals surface area contributed by atoms with Crippen LogP contribution >= 0.6 is 0 Å². The number of hydrogen-bond acceptors (Lipinski definition) is 4. The highest BCUT2D eigenvalue weighted by molar-refractivity contribution is 5.47. The molecule has 5 aromatic rings. The lowest BCUT2D eigenvalue weighted by Gasteiger charge is -2.31. The standard InChI is InChI=1S/C24H26O2.C17H20O2/c1-23(2,17-8-12-21(25)13-9-17)19-6-5-7-20(16-19)24(3,4)18-10-14-22(26)15-11-18;1-11-9-13(5-7-15(11)18)17(3,4)14-6-8-16(19)12(2)10-14/h5-16,25-26H,1-4H3;5-10,18-19H,1-4H3. The second kappa shape index (κ2) is 12.7. The molecule has 0 bridgehead atoms. The summed E-state index contributed by atoms with van der Waals surface area (Å²) < 4.78 is 0. The maximum Gasteiger partial charge on any atom is 0.118 e. The van der Waals surface area contributed by atoms with Crippen LogP contribution in [0, 0.1) is 13.8 Å². The molecule has 234 valence electrons. The summed E-state index contributed by atoms with van der Waals surface area (Å²) in [5, 5.41) is 38.4. The average molecular weight is 603 g/mol. The van der Waals surface area contributed by atoms with Gasteiger partial charge in [-0.25, -0.2) is 0 Å². The first-order chi connectivity index (χ1) is 21.0. The number of phenols is 4. The molecule has 0 aliphatic carbocycles. The topological polar surface area (TPSA) is 80.9 Å². The lowest BCUT2D eigenvalue weighted by Crippen LogP contribution is -2.22. The van der Waals surface area contributed by atoms with Gasteiger partial charge < -0.3 is 20.4 Å². The van der Waals surface area contributed by atoms with Crippen molar-refractivity contribution in [1.29, 1.82) is 0 Å². The SMILES string of the molecule is CC(C)(c1ccc(O)cc1)c1cccc(C(C)(C)c2ccc(O)cc2)c1.Cc1cc(C(C)(C)c2ccc(O)c(C)c2)ccc1O. The maximum absolute atomic E-state index is 9.63. The Labute approximate surface area is 268 Å². The summed E-state index contributed by atoms with van der Waals surface area (Å²) in [7, 11) is 0. The third-order valence-corrected chi connectivity index (χ3v) is 9.32. The van der Waals surface area contributed by atoms with Crippen LogP contribution in [0.1, 0.15) is 86.1 Å². The molecule has 0 fully saturated rings. The molecule has 0 unspecified atom stereocenters. The Morgan fingerprint density at radius 3 is 0.978 bits per heavy atom. The van der Waals surface area contributed by atoms with Crippen LogP contribution in [0.4, 0.5) is 0 Å². The van der Waals surface area contributed by atoms with Crippen LogP contribution < -0.4 is 0 Å². The fourth-order valence-electron chi connectivity index (χ4n) is 5.64. The number of rotatable bonds is 6. The van der Waals surface area contributed by atoms with Gasteiger partial charge in [-0.1, -0.05) is 114 Å².